The van der Waals surface area contributed by atoms with Gasteiger partial charge >= 0.3 is 24.0 Å². The fraction of sp³-hybridized carbons (Fsp3) is 0.808. The topological polar surface area (TPSA) is 92.7 Å². The van der Waals surface area contributed by atoms with E-state index < -0.39 is 30.1 Å². The van der Waals surface area contributed by atoms with Crippen molar-refractivity contribution in [1.29, 1.82) is 0 Å². The van der Waals surface area contributed by atoms with Crippen molar-refractivity contribution in [3.8, 4) is 11.8 Å². The van der Waals surface area contributed by atoms with Crippen LogP contribution in [0.3, 0.4) is 0 Å². The molecular formula is C26H42F3NO5S. The van der Waals surface area contributed by atoms with Crippen molar-refractivity contribution in [1.82, 2.24) is 5.32 Å². The number of methoxy groups -OCH3 is 1. The van der Waals surface area contributed by atoms with E-state index in [9.17, 15) is 27.6 Å². The fourth-order valence-corrected chi connectivity index (χ4v) is 4.60. The standard InChI is InChI=1S/C26H42F3NO5S/c1-3-4-5-6-7-8-9-10-11-12-13-14-17-21(18-15-16-19-23(31)32)36-20-22(24(33)35-2)30-25(34)26(27,28)29/h21-22H,3-13,15-16,18-20H2,1-2H3,(H,30,34)(H,31,32). The number of carboxylic acids is 1. The van der Waals surface area contributed by atoms with Crippen molar-refractivity contribution in [2.75, 3.05) is 12.9 Å². The Morgan fingerprint density at radius 2 is 1.53 bits per heavy atom. The van der Waals surface area contributed by atoms with E-state index >= 15 is 0 Å². The zero-order chi connectivity index (χ0) is 27.2. The van der Waals surface area contributed by atoms with E-state index in [1.54, 1.807) is 5.32 Å². The third-order valence-electron chi connectivity index (χ3n) is 5.54. The molecule has 2 N–H and O–H groups in total. The number of thioether (sulfide) groups is 1. The highest BCUT2D eigenvalue weighted by Gasteiger charge is 2.41. The van der Waals surface area contributed by atoms with Gasteiger partial charge in [0.15, 0.2) is 0 Å². The van der Waals surface area contributed by atoms with Gasteiger partial charge in [0.1, 0.15) is 6.04 Å². The summed E-state index contributed by atoms with van der Waals surface area (Å²) >= 11 is 1.16. The molecular weight excluding hydrogens is 495 g/mol. The Balaban J connectivity index is 4.64. The van der Waals surface area contributed by atoms with Crippen LogP contribution in [0.15, 0.2) is 0 Å². The molecule has 0 heterocycles. The highest BCUT2D eigenvalue weighted by molar-refractivity contribution is 8.00. The van der Waals surface area contributed by atoms with E-state index in [2.05, 4.69) is 23.5 Å². The van der Waals surface area contributed by atoms with Gasteiger partial charge in [-0.2, -0.15) is 13.2 Å². The number of alkyl halides is 3. The number of hydrogen-bond donors (Lipinski definition) is 2. The molecule has 0 saturated carbocycles. The summed E-state index contributed by atoms with van der Waals surface area (Å²) in [6, 6.07) is -1.46. The molecule has 0 fully saturated rings. The maximum atomic E-state index is 12.6. The average molecular weight is 538 g/mol. The molecule has 0 aromatic carbocycles. The first kappa shape index (κ1) is 34.1. The normalized spacial score (nSPS) is 12.8. The molecule has 0 radical (unpaired) electrons. The van der Waals surface area contributed by atoms with Gasteiger partial charge in [-0.15, -0.1) is 17.7 Å². The molecule has 0 spiro atoms. The Labute approximate surface area is 217 Å². The van der Waals surface area contributed by atoms with Crippen LogP contribution in [-0.4, -0.2) is 53.3 Å². The van der Waals surface area contributed by atoms with E-state index in [0.29, 0.717) is 25.7 Å². The number of amides is 1. The van der Waals surface area contributed by atoms with Gasteiger partial charge < -0.3 is 15.2 Å². The average Bonchev–Trinajstić information content (AvgIpc) is 2.82. The minimum absolute atomic E-state index is 0.0237. The number of ether oxygens (including phenoxy) is 1. The van der Waals surface area contributed by atoms with Gasteiger partial charge in [0.25, 0.3) is 0 Å². The van der Waals surface area contributed by atoms with Crippen molar-refractivity contribution in [3.63, 3.8) is 0 Å². The molecule has 0 saturated heterocycles. The second-order valence-electron chi connectivity index (χ2n) is 8.76. The minimum atomic E-state index is -5.11. The Morgan fingerprint density at radius 1 is 0.944 bits per heavy atom. The predicted octanol–water partition coefficient (Wildman–Crippen LogP) is 6.27. The molecule has 6 nitrogen and oxygen atoms in total. The Hall–Kier alpha value is -1.89. The fourth-order valence-electron chi connectivity index (χ4n) is 3.45. The second-order valence-corrected chi connectivity index (χ2v) is 10.00. The number of rotatable bonds is 20. The number of carboxylic acid groups (broad SMARTS) is 1. The maximum Gasteiger partial charge on any atom is 0.471 e. The summed E-state index contributed by atoms with van der Waals surface area (Å²) in [5, 5.41) is 10.2. The van der Waals surface area contributed by atoms with Gasteiger partial charge in [-0.3, -0.25) is 9.59 Å². The summed E-state index contributed by atoms with van der Waals surface area (Å²) in [5.41, 5.74) is 0. The minimum Gasteiger partial charge on any atom is -0.481 e. The summed E-state index contributed by atoms with van der Waals surface area (Å²) in [6.07, 6.45) is 9.36. The van der Waals surface area contributed by atoms with Gasteiger partial charge in [-0.05, 0) is 19.3 Å². The van der Waals surface area contributed by atoms with Crippen LogP contribution in [0.5, 0.6) is 0 Å². The van der Waals surface area contributed by atoms with Crippen LogP contribution in [0, 0.1) is 11.8 Å². The van der Waals surface area contributed by atoms with Crippen molar-refractivity contribution in [2.24, 2.45) is 0 Å². The summed E-state index contributed by atoms with van der Waals surface area (Å²) in [5.74, 6) is 2.03. The summed E-state index contributed by atoms with van der Waals surface area (Å²) < 4.78 is 42.3. The number of aliphatic carboxylic acids is 1. The first-order valence-electron chi connectivity index (χ1n) is 12.9. The molecule has 0 aliphatic rings. The van der Waals surface area contributed by atoms with Crippen molar-refractivity contribution >= 4 is 29.6 Å². The molecule has 0 bridgehead atoms. The third kappa shape index (κ3) is 19.3. The van der Waals surface area contributed by atoms with Gasteiger partial charge in [-0.1, -0.05) is 77.1 Å². The lowest BCUT2D eigenvalue weighted by molar-refractivity contribution is -0.175. The molecule has 36 heavy (non-hydrogen) atoms. The maximum absolute atomic E-state index is 12.6. The molecule has 2 atom stereocenters. The molecule has 208 valence electrons. The zero-order valence-corrected chi connectivity index (χ0v) is 22.4. The Bertz CT molecular complexity index is 691. The monoisotopic (exact) mass is 537 g/mol. The largest absolute Gasteiger partial charge is 0.481 e. The van der Waals surface area contributed by atoms with Gasteiger partial charge in [-0.25, -0.2) is 4.79 Å². The lowest BCUT2D eigenvalue weighted by atomic mass is 10.1. The summed E-state index contributed by atoms with van der Waals surface area (Å²) in [7, 11) is 1.04. The van der Waals surface area contributed by atoms with E-state index in [1.807, 2.05) is 0 Å². The molecule has 0 aliphatic carbocycles. The van der Waals surface area contributed by atoms with Crippen LogP contribution >= 0.6 is 11.8 Å². The molecule has 2 unspecified atom stereocenters. The molecule has 0 aromatic rings. The quantitative estimate of drug-likeness (QED) is 0.108. The second kappa shape index (κ2) is 21.2. The number of carbonyl (C=O) groups is 3. The number of halogens is 3. The molecule has 0 aliphatic heterocycles. The van der Waals surface area contributed by atoms with Crippen LogP contribution in [0.1, 0.15) is 103 Å². The lowest BCUT2D eigenvalue weighted by Crippen LogP contribution is -2.48. The molecule has 0 aromatic heterocycles. The SMILES string of the molecule is CCCCCCCCCCCCC#CC(CCCCC(=O)O)SCC(NC(=O)C(F)(F)F)C(=O)OC. The van der Waals surface area contributed by atoms with Gasteiger partial charge in [0.05, 0.1) is 12.4 Å². The Morgan fingerprint density at radius 3 is 2.06 bits per heavy atom. The number of esters is 1. The van der Waals surface area contributed by atoms with E-state index in [0.717, 1.165) is 31.7 Å². The molecule has 1 amide bonds. The summed E-state index contributed by atoms with van der Waals surface area (Å²) in [4.78, 5) is 33.9. The predicted molar refractivity (Wildman–Crippen MR) is 137 cm³/mol. The number of hydrogen-bond acceptors (Lipinski definition) is 5. The van der Waals surface area contributed by atoms with Crippen LogP contribution in [0.25, 0.3) is 0 Å². The highest BCUT2D eigenvalue weighted by Crippen LogP contribution is 2.21. The smallest absolute Gasteiger partial charge is 0.471 e. The zero-order valence-electron chi connectivity index (χ0n) is 21.6. The van der Waals surface area contributed by atoms with Crippen LogP contribution in [-0.2, 0) is 19.1 Å². The van der Waals surface area contributed by atoms with Crippen LogP contribution in [0.4, 0.5) is 13.2 Å². The highest BCUT2D eigenvalue weighted by atomic mass is 32.2. The van der Waals surface area contributed by atoms with Crippen molar-refractivity contribution < 1.29 is 37.4 Å². The van der Waals surface area contributed by atoms with Gasteiger partial charge in [0, 0.05) is 18.6 Å². The Kier molecular flexibility index (Phi) is 20.1. The molecule has 10 heteroatoms. The van der Waals surface area contributed by atoms with Crippen molar-refractivity contribution in [2.45, 2.75) is 121 Å². The van der Waals surface area contributed by atoms with E-state index in [4.69, 9.17) is 5.11 Å². The van der Waals surface area contributed by atoms with Crippen LogP contribution in [0.2, 0.25) is 0 Å². The van der Waals surface area contributed by atoms with Crippen LogP contribution < -0.4 is 5.32 Å². The van der Waals surface area contributed by atoms with E-state index in [1.165, 1.54) is 51.4 Å². The third-order valence-corrected chi connectivity index (χ3v) is 6.82. The van der Waals surface area contributed by atoms with Crippen molar-refractivity contribution in [3.05, 3.63) is 0 Å². The number of nitrogens with one attached hydrogen (secondary N) is 1. The first-order chi connectivity index (χ1) is 17.1. The summed E-state index contributed by atoms with van der Waals surface area (Å²) in [6.45, 7) is 2.21. The number of unbranched alkanes of at least 4 members (excludes halogenated alkanes) is 11. The van der Waals surface area contributed by atoms with E-state index in [-0.39, 0.29) is 17.4 Å². The molecule has 0 rings (SSSR count). The van der Waals surface area contributed by atoms with Gasteiger partial charge in [0.2, 0.25) is 0 Å². The first-order valence-corrected chi connectivity index (χ1v) is 13.9. The lowest BCUT2D eigenvalue weighted by Gasteiger charge is -2.19. The number of carbonyl (C=O) groups excluding carboxylic acids is 2.